The Balaban J connectivity index is 1.04. The highest BCUT2D eigenvalue weighted by Gasteiger charge is 2.27. The summed E-state index contributed by atoms with van der Waals surface area (Å²) >= 11 is 0. The number of hydrogen-bond donors (Lipinski definition) is 0. The van der Waals surface area contributed by atoms with Gasteiger partial charge >= 0.3 is 0 Å². The fourth-order valence-corrected chi connectivity index (χ4v) is 9.02. The molecule has 0 N–H and O–H groups in total. The third-order valence-corrected chi connectivity index (χ3v) is 11.4. The fourth-order valence-electron chi connectivity index (χ4n) is 9.02. The first-order chi connectivity index (χ1) is 26.8. The molecule has 0 saturated heterocycles. The Morgan fingerprint density at radius 2 is 0.944 bits per heavy atom. The molecular formula is C50H30N4. The van der Waals surface area contributed by atoms with Crippen LogP contribution in [0.15, 0.2) is 182 Å². The third kappa shape index (κ3) is 4.08. The largest absolute Gasteiger partial charge is 0.309 e. The summed E-state index contributed by atoms with van der Waals surface area (Å²) in [7, 11) is 0. The first-order valence-corrected chi connectivity index (χ1v) is 18.4. The summed E-state index contributed by atoms with van der Waals surface area (Å²) in [6, 6.07) is 61.5. The maximum absolute atomic E-state index is 5.10. The SMILES string of the molecule is c1ccc(-c2cccc(-n3c4ccccc4c4cc(-c5ccc6c(c5)c5ccccc5n6-c5nccc6c5-c5ccnc7cccc-6c57)ccc43)c2)cc1. The van der Waals surface area contributed by atoms with E-state index in [-0.39, 0.29) is 0 Å². The van der Waals surface area contributed by atoms with E-state index in [2.05, 4.69) is 179 Å². The van der Waals surface area contributed by atoms with Crippen molar-refractivity contribution in [1.82, 2.24) is 19.1 Å². The molecule has 0 saturated carbocycles. The lowest BCUT2D eigenvalue weighted by molar-refractivity contribution is 1.09. The average molecular weight is 687 g/mol. The summed E-state index contributed by atoms with van der Waals surface area (Å²) in [5, 5.41) is 6.10. The topological polar surface area (TPSA) is 35.6 Å². The highest BCUT2D eigenvalue weighted by Crippen LogP contribution is 2.49. The highest BCUT2D eigenvalue weighted by atomic mass is 15.1. The molecule has 0 radical (unpaired) electrons. The van der Waals surface area contributed by atoms with Gasteiger partial charge in [0.25, 0.3) is 0 Å². The van der Waals surface area contributed by atoms with Gasteiger partial charge in [-0.15, -0.1) is 0 Å². The summed E-state index contributed by atoms with van der Waals surface area (Å²) in [5.74, 6) is 0.945. The summed E-state index contributed by atoms with van der Waals surface area (Å²) in [5.41, 5.74) is 16.4. The zero-order chi connectivity index (χ0) is 35.3. The van der Waals surface area contributed by atoms with Gasteiger partial charge in [0.05, 0.1) is 27.6 Å². The molecule has 0 bridgehead atoms. The molecule has 11 aromatic rings. The molecule has 4 nitrogen and oxygen atoms in total. The minimum Gasteiger partial charge on any atom is -0.309 e. The average Bonchev–Trinajstić information content (AvgIpc) is 3.88. The fraction of sp³-hybridized carbons (Fsp3) is 0. The molecular weight excluding hydrogens is 657 g/mol. The van der Waals surface area contributed by atoms with Gasteiger partial charge in [-0.1, -0.05) is 103 Å². The Morgan fingerprint density at radius 1 is 0.352 bits per heavy atom. The van der Waals surface area contributed by atoms with Crippen molar-refractivity contribution in [2.45, 2.75) is 0 Å². The molecule has 4 heterocycles. The van der Waals surface area contributed by atoms with E-state index in [4.69, 9.17) is 9.97 Å². The van der Waals surface area contributed by atoms with E-state index in [0.29, 0.717) is 0 Å². The molecule has 0 atom stereocenters. The number of rotatable bonds is 4. The van der Waals surface area contributed by atoms with Crippen molar-refractivity contribution in [3.8, 4) is 56.0 Å². The number of pyridine rings is 2. The first kappa shape index (κ1) is 29.3. The van der Waals surface area contributed by atoms with Crippen LogP contribution in [-0.2, 0) is 0 Å². The van der Waals surface area contributed by atoms with Crippen LogP contribution in [0.25, 0.3) is 111 Å². The van der Waals surface area contributed by atoms with Crippen LogP contribution < -0.4 is 0 Å². The second kappa shape index (κ2) is 11.1. The van der Waals surface area contributed by atoms with E-state index in [1.54, 1.807) is 0 Å². The smallest absolute Gasteiger partial charge is 0.146 e. The van der Waals surface area contributed by atoms with Crippen LogP contribution in [0.5, 0.6) is 0 Å². The van der Waals surface area contributed by atoms with Gasteiger partial charge in [-0.2, -0.15) is 0 Å². The van der Waals surface area contributed by atoms with Crippen molar-refractivity contribution < 1.29 is 0 Å². The van der Waals surface area contributed by atoms with Crippen molar-refractivity contribution >= 4 is 54.5 Å². The van der Waals surface area contributed by atoms with Crippen molar-refractivity contribution in [2.24, 2.45) is 0 Å². The highest BCUT2D eigenvalue weighted by molar-refractivity contribution is 6.17. The summed E-state index contributed by atoms with van der Waals surface area (Å²) < 4.78 is 4.75. The van der Waals surface area contributed by atoms with Crippen LogP contribution in [0.2, 0.25) is 0 Å². The van der Waals surface area contributed by atoms with Gasteiger partial charge in [-0.25, -0.2) is 4.98 Å². The maximum atomic E-state index is 5.10. The van der Waals surface area contributed by atoms with Gasteiger partial charge in [0, 0.05) is 50.6 Å². The second-order valence-electron chi connectivity index (χ2n) is 14.2. The lowest BCUT2D eigenvalue weighted by Gasteiger charge is -2.13. The Morgan fingerprint density at radius 3 is 1.72 bits per heavy atom. The lowest BCUT2D eigenvalue weighted by atomic mass is 10.0. The van der Waals surface area contributed by atoms with Gasteiger partial charge in [0.1, 0.15) is 5.82 Å². The Labute approximate surface area is 310 Å². The molecule has 4 heteroatoms. The van der Waals surface area contributed by atoms with Gasteiger partial charge in [-0.05, 0) is 106 Å². The van der Waals surface area contributed by atoms with Gasteiger partial charge in [-0.3, -0.25) is 9.55 Å². The molecule has 4 aromatic heterocycles. The molecule has 0 unspecified atom stereocenters. The molecule has 0 amide bonds. The summed E-state index contributed by atoms with van der Waals surface area (Å²) in [4.78, 5) is 9.79. The van der Waals surface area contributed by atoms with Gasteiger partial charge < -0.3 is 4.57 Å². The number of nitrogens with zero attached hydrogens (tertiary/aromatic N) is 4. The van der Waals surface area contributed by atoms with Crippen LogP contribution in [-0.4, -0.2) is 19.1 Å². The second-order valence-corrected chi connectivity index (χ2v) is 14.2. The standard InChI is InChI=1S/C50H30N4/c1-2-10-31(11-3-1)32-12-8-13-35(28-32)53-44-18-6-4-14-36(44)41-29-33(20-22-46(41)53)34-21-23-47-42(30-34)37-15-5-7-19-45(37)54(47)50-49-39(24-27-52-50)38-16-9-17-43-48(38)40(49)25-26-51-43/h1-30H. The zero-order valence-electron chi connectivity index (χ0n) is 29.1. The third-order valence-electron chi connectivity index (χ3n) is 11.4. The molecule has 54 heavy (non-hydrogen) atoms. The predicted molar refractivity (Wildman–Crippen MR) is 224 cm³/mol. The van der Waals surface area contributed by atoms with Gasteiger partial charge in [0.2, 0.25) is 0 Å². The van der Waals surface area contributed by atoms with Crippen LogP contribution >= 0.6 is 0 Å². The molecule has 250 valence electrons. The molecule has 0 fully saturated rings. The van der Waals surface area contributed by atoms with Crippen LogP contribution in [0.4, 0.5) is 0 Å². The van der Waals surface area contributed by atoms with Crippen molar-refractivity contribution in [1.29, 1.82) is 0 Å². The van der Waals surface area contributed by atoms with E-state index in [1.807, 2.05) is 12.4 Å². The quantitative estimate of drug-likeness (QED) is 0.185. The number of aromatic nitrogens is 4. The van der Waals surface area contributed by atoms with E-state index in [0.717, 1.165) is 33.6 Å². The maximum Gasteiger partial charge on any atom is 0.146 e. The minimum atomic E-state index is 0.945. The Hall–Kier alpha value is -7.30. The normalized spacial score (nSPS) is 12.1. The number of fused-ring (bicyclic) bond motifs is 9. The van der Waals surface area contributed by atoms with Crippen LogP contribution in [0.1, 0.15) is 0 Å². The monoisotopic (exact) mass is 686 g/mol. The van der Waals surface area contributed by atoms with Crippen molar-refractivity contribution in [3.05, 3.63) is 182 Å². The zero-order valence-corrected chi connectivity index (χ0v) is 29.1. The van der Waals surface area contributed by atoms with Crippen LogP contribution in [0.3, 0.4) is 0 Å². The number of para-hydroxylation sites is 2. The van der Waals surface area contributed by atoms with E-state index in [9.17, 15) is 0 Å². The molecule has 7 aromatic carbocycles. The molecule has 12 rings (SSSR count). The first-order valence-electron chi connectivity index (χ1n) is 18.4. The molecule has 1 aliphatic rings. The Bertz CT molecular complexity index is 3330. The summed E-state index contributed by atoms with van der Waals surface area (Å²) in [6.45, 7) is 0. The number of hydrogen-bond acceptors (Lipinski definition) is 2. The molecule has 0 aliphatic heterocycles. The Kier molecular flexibility index (Phi) is 6.02. The minimum absolute atomic E-state index is 0.945. The van der Waals surface area contributed by atoms with Gasteiger partial charge in [0.15, 0.2) is 0 Å². The van der Waals surface area contributed by atoms with Crippen LogP contribution in [0, 0.1) is 0 Å². The lowest BCUT2D eigenvalue weighted by Crippen LogP contribution is -2.00. The molecule has 0 spiro atoms. The van der Waals surface area contributed by atoms with E-state index in [1.165, 1.54) is 76.9 Å². The van der Waals surface area contributed by atoms with E-state index >= 15 is 0 Å². The number of benzene rings is 7. The van der Waals surface area contributed by atoms with Crippen molar-refractivity contribution in [2.75, 3.05) is 0 Å². The predicted octanol–water partition coefficient (Wildman–Crippen LogP) is 12.8. The van der Waals surface area contributed by atoms with Crippen molar-refractivity contribution in [3.63, 3.8) is 0 Å². The molecule has 1 aliphatic carbocycles. The summed E-state index contributed by atoms with van der Waals surface area (Å²) in [6.07, 6.45) is 3.87. The van der Waals surface area contributed by atoms with E-state index < -0.39 is 0 Å².